The van der Waals surface area contributed by atoms with Crippen LogP contribution in [0.25, 0.3) is 16.6 Å². The molecule has 0 fully saturated rings. The summed E-state index contributed by atoms with van der Waals surface area (Å²) in [4.78, 5) is 28.9. The van der Waals surface area contributed by atoms with E-state index in [-0.39, 0.29) is 28.9 Å². The summed E-state index contributed by atoms with van der Waals surface area (Å²) < 4.78 is 89.3. The fourth-order valence-corrected chi connectivity index (χ4v) is 3.15. The van der Waals surface area contributed by atoms with Crippen molar-refractivity contribution in [3.05, 3.63) is 65.3 Å². The highest BCUT2D eigenvalue weighted by atomic mass is 19.4. The van der Waals surface area contributed by atoms with Crippen molar-refractivity contribution in [3.63, 3.8) is 0 Å². The van der Waals surface area contributed by atoms with Crippen molar-refractivity contribution < 1.29 is 45.1 Å². The minimum atomic E-state index is -4.91. The van der Waals surface area contributed by atoms with Crippen molar-refractivity contribution in [2.45, 2.75) is 31.9 Å². The zero-order valence-corrected chi connectivity index (χ0v) is 17.6. The molecule has 1 atom stereocenters. The number of carbonyl (C=O) groups is 2. The number of furan rings is 1. The van der Waals surface area contributed by atoms with Gasteiger partial charge in [0.1, 0.15) is 22.5 Å². The number of nitrogens with zero attached hydrogens (tertiary/aromatic N) is 3. The number of ether oxygens (including phenoxy) is 1. The molecule has 0 bridgehead atoms. The number of rotatable bonds is 5. The number of benzene rings is 1. The molecule has 0 aliphatic heterocycles. The molecule has 3 aromatic heterocycles. The lowest BCUT2D eigenvalue weighted by Gasteiger charge is -2.17. The monoisotopic (exact) mass is 500 g/mol. The first kappa shape index (κ1) is 24.0. The van der Waals surface area contributed by atoms with Crippen LogP contribution in [0.1, 0.15) is 39.0 Å². The SMILES string of the molecule is CC(OC(=O)c1cc(C(F)(F)F)cc2cc(CNC(=O)c3cnn4cccnc34)oc12)C(F)(F)F. The third kappa shape index (κ3) is 4.90. The lowest BCUT2D eigenvalue weighted by molar-refractivity contribution is -0.198. The summed E-state index contributed by atoms with van der Waals surface area (Å²) in [6, 6.07) is 3.75. The van der Waals surface area contributed by atoms with E-state index >= 15 is 0 Å². The second-order valence-electron chi connectivity index (χ2n) is 7.37. The van der Waals surface area contributed by atoms with E-state index in [1.54, 1.807) is 12.3 Å². The average molecular weight is 500 g/mol. The molecule has 14 heteroatoms. The van der Waals surface area contributed by atoms with Gasteiger partial charge in [-0.15, -0.1) is 0 Å². The molecular weight excluding hydrogens is 486 g/mol. The second kappa shape index (κ2) is 8.60. The number of hydrogen-bond acceptors (Lipinski definition) is 6. The quantitative estimate of drug-likeness (QED) is 0.319. The van der Waals surface area contributed by atoms with Crippen LogP contribution in [0.4, 0.5) is 26.3 Å². The van der Waals surface area contributed by atoms with Crippen LogP contribution in [0.15, 0.2) is 47.3 Å². The number of halogens is 6. The van der Waals surface area contributed by atoms with Gasteiger partial charge in [-0.1, -0.05) is 0 Å². The van der Waals surface area contributed by atoms with E-state index in [4.69, 9.17) is 4.42 Å². The second-order valence-corrected chi connectivity index (χ2v) is 7.37. The number of alkyl halides is 6. The van der Waals surface area contributed by atoms with Crippen LogP contribution >= 0.6 is 0 Å². The Hall–Kier alpha value is -4.10. The van der Waals surface area contributed by atoms with Crippen LogP contribution in [-0.4, -0.2) is 38.8 Å². The Morgan fingerprint density at radius 3 is 2.57 bits per heavy atom. The van der Waals surface area contributed by atoms with Crippen molar-refractivity contribution in [2.24, 2.45) is 0 Å². The molecule has 0 aliphatic rings. The normalized spacial score (nSPS) is 13.2. The van der Waals surface area contributed by atoms with E-state index in [2.05, 4.69) is 20.1 Å². The van der Waals surface area contributed by atoms with Gasteiger partial charge in [0.05, 0.1) is 18.3 Å². The van der Waals surface area contributed by atoms with E-state index in [1.165, 1.54) is 16.9 Å². The molecule has 1 N–H and O–H groups in total. The number of hydrogen-bond donors (Lipinski definition) is 1. The summed E-state index contributed by atoms with van der Waals surface area (Å²) >= 11 is 0. The van der Waals surface area contributed by atoms with Crippen molar-refractivity contribution in [1.82, 2.24) is 19.9 Å². The highest BCUT2D eigenvalue weighted by Crippen LogP contribution is 2.35. The molecule has 4 aromatic rings. The highest BCUT2D eigenvalue weighted by Gasteiger charge is 2.40. The van der Waals surface area contributed by atoms with Crippen LogP contribution in [0.2, 0.25) is 0 Å². The standard InChI is InChI=1S/C21H14F6N4O4/c1-10(20(22,23)24)34-19(33)14-7-12(21(25,26)27)5-11-6-13(35-16(11)14)8-29-18(32)15-9-30-31-4-2-3-28-17(15)31/h2-7,9-10H,8H2,1H3,(H,29,32). The third-order valence-corrected chi connectivity index (χ3v) is 4.91. The molecule has 0 spiro atoms. The van der Waals surface area contributed by atoms with Crippen LogP contribution in [0.3, 0.4) is 0 Å². The molecule has 4 rings (SSSR count). The molecule has 0 aliphatic carbocycles. The number of fused-ring (bicyclic) bond motifs is 2. The first-order chi connectivity index (χ1) is 16.3. The van der Waals surface area contributed by atoms with Gasteiger partial charge in [0.2, 0.25) is 0 Å². The summed E-state index contributed by atoms with van der Waals surface area (Å²) in [5, 5.41) is 6.24. The highest BCUT2D eigenvalue weighted by molar-refractivity contribution is 6.03. The van der Waals surface area contributed by atoms with Gasteiger partial charge < -0.3 is 14.5 Å². The Kier molecular flexibility index (Phi) is 5.90. The predicted octanol–water partition coefficient (Wildman–Crippen LogP) is 4.53. The lowest BCUT2D eigenvalue weighted by Crippen LogP contribution is -2.31. The van der Waals surface area contributed by atoms with Gasteiger partial charge in [0.25, 0.3) is 5.91 Å². The van der Waals surface area contributed by atoms with Crippen LogP contribution in [0, 0.1) is 0 Å². The largest absolute Gasteiger partial charge is 0.458 e. The van der Waals surface area contributed by atoms with Gasteiger partial charge in [0.15, 0.2) is 11.8 Å². The Morgan fingerprint density at radius 1 is 1.14 bits per heavy atom. The van der Waals surface area contributed by atoms with E-state index in [9.17, 15) is 35.9 Å². The molecule has 8 nitrogen and oxygen atoms in total. The molecule has 1 unspecified atom stereocenters. The average Bonchev–Trinajstić information content (AvgIpc) is 3.39. The summed E-state index contributed by atoms with van der Waals surface area (Å²) in [6.45, 7) is 0.230. The zero-order chi connectivity index (χ0) is 25.5. The van der Waals surface area contributed by atoms with Gasteiger partial charge in [-0.2, -0.15) is 31.4 Å². The van der Waals surface area contributed by atoms with Crippen molar-refractivity contribution >= 4 is 28.5 Å². The van der Waals surface area contributed by atoms with Gasteiger partial charge in [-0.25, -0.2) is 14.3 Å². The lowest BCUT2D eigenvalue weighted by atomic mass is 10.1. The maximum absolute atomic E-state index is 13.3. The fourth-order valence-electron chi connectivity index (χ4n) is 3.15. The van der Waals surface area contributed by atoms with Crippen molar-refractivity contribution in [3.8, 4) is 0 Å². The summed E-state index contributed by atoms with van der Waals surface area (Å²) in [5.41, 5.74) is -2.17. The van der Waals surface area contributed by atoms with Gasteiger partial charge >= 0.3 is 18.3 Å². The minimum Gasteiger partial charge on any atom is -0.458 e. The maximum Gasteiger partial charge on any atom is 0.425 e. The van der Waals surface area contributed by atoms with Gasteiger partial charge in [0, 0.05) is 17.8 Å². The molecule has 184 valence electrons. The first-order valence-electron chi connectivity index (χ1n) is 9.82. The van der Waals surface area contributed by atoms with Gasteiger partial charge in [-0.05, 0) is 31.2 Å². The number of esters is 1. The Bertz CT molecular complexity index is 1420. The molecule has 0 saturated heterocycles. The molecule has 0 saturated carbocycles. The van der Waals surface area contributed by atoms with Crippen LogP contribution in [-0.2, 0) is 17.5 Å². The smallest absolute Gasteiger partial charge is 0.425 e. The molecule has 1 amide bonds. The molecular formula is C21H14F6N4O4. The zero-order valence-electron chi connectivity index (χ0n) is 17.6. The van der Waals surface area contributed by atoms with E-state index in [1.807, 2.05) is 0 Å². The third-order valence-electron chi connectivity index (χ3n) is 4.91. The summed E-state index contributed by atoms with van der Waals surface area (Å²) in [6.07, 6.45) is -8.10. The van der Waals surface area contributed by atoms with Crippen molar-refractivity contribution in [2.75, 3.05) is 0 Å². The molecule has 1 aromatic carbocycles. The molecule has 0 radical (unpaired) electrons. The molecule has 3 heterocycles. The van der Waals surface area contributed by atoms with E-state index < -0.39 is 47.0 Å². The van der Waals surface area contributed by atoms with E-state index in [0.717, 1.165) is 6.07 Å². The maximum atomic E-state index is 13.3. The predicted molar refractivity (Wildman–Crippen MR) is 106 cm³/mol. The topological polar surface area (TPSA) is 98.7 Å². The summed E-state index contributed by atoms with van der Waals surface area (Å²) in [7, 11) is 0. The van der Waals surface area contributed by atoms with Gasteiger partial charge in [-0.3, -0.25) is 4.79 Å². The Morgan fingerprint density at radius 2 is 1.89 bits per heavy atom. The number of nitrogens with one attached hydrogen (secondary N) is 1. The number of aromatic nitrogens is 3. The number of carbonyl (C=O) groups excluding carboxylic acids is 2. The Labute approximate surface area is 191 Å². The molecule has 35 heavy (non-hydrogen) atoms. The fraction of sp³-hybridized carbons (Fsp3) is 0.238. The van der Waals surface area contributed by atoms with Crippen molar-refractivity contribution in [1.29, 1.82) is 0 Å². The Balaban J connectivity index is 1.63. The summed E-state index contributed by atoms with van der Waals surface area (Å²) in [5.74, 6) is -2.32. The number of amides is 1. The minimum absolute atomic E-state index is 0.0602. The first-order valence-corrected chi connectivity index (χ1v) is 9.82. The van der Waals surface area contributed by atoms with E-state index in [0.29, 0.717) is 19.1 Å². The van der Waals surface area contributed by atoms with Crippen LogP contribution in [0.5, 0.6) is 0 Å². The van der Waals surface area contributed by atoms with Crippen LogP contribution < -0.4 is 5.32 Å².